The maximum absolute atomic E-state index is 12.3. The zero-order valence-corrected chi connectivity index (χ0v) is 13.5. The Kier molecular flexibility index (Phi) is 6.73. The van der Waals surface area contributed by atoms with Crippen LogP contribution in [0, 0.1) is 5.92 Å². The summed E-state index contributed by atoms with van der Waals surface area (Å²) in [6.07, 6.45) is 3.07. The topological polar surface area (TPSA) is 52.7 Å². The van der Waals surface area contributed by atoms with E-state index in [4.69, 9.17) is 0 Å². The average Bonchev–Trinajstić information content (AvgIpc) is 2.38. The smallest absolute Gasteiger partial charge is 0.281 e. The van der Waals surface area contributed by atoms with Gasteiger partial charge in [-0.25, -0.2) is 0 Å². The Morgan fingerprint density at radius 2 is 1.89 bits per heavy atom. The van der Waals surface area contributed by atoms with E-state index in [1.165, 1.54) is 4.31 Å². The summed E-state index contributed by atoms with van der Waals surface area (Å²) in [5.74, 6) is 0.613. The van der Waals surface area contributed by atoms with E-state index < -0.39 is 10.2 Å². The van der Waals surface area contributed by atoms with Crippen LogP contribution in [0.2, 0.25) is 0 Å². The van der Waals surface area contributed by atoms with E-state index in [-0.39, 0.29) is 6.04 Å². The van der Waals surface area contributed by atoms with Crippen LogP contribution in [0.1, 0.15) is 40.0 Å². The zero-order chi connectivity index (χ0) is 14.5. The van der Waals surface area contributed by atoms with Crippen LogP contribution < -0.4 is 5.32 Å². The predicted molar refractivity (Wildman–Crippen MR) is 79.3 cm³/mol. The number of nitrogens with zero attached hydrogens (tertiary/aromatic N) is 2. The van der Waals surface area contributed by atoms with Crippen molar-refractivity contribution in [3.05, 3.63) is 0 Å². The van der Waals surface area contributed by atoms with Crippen LogP contribution in [0.15, 0.2) is 0 Å². The maximum atomic E-state index is 12.3. The molecule has 0 radical (unpaired) electrons. The summed E-state index contributed by atoms with van der Waals surface area (Å²) in [6.45, 7) is 9.33. The third-order valence-corrected chi connectivity index (χ3v) is 6.02. The van der Waals surface area contributed by atoms with Gasteiger partial charge in [0.25, 0.3) is 10.2 Å². The lowest BCUT2D eigenvalue weighted by Gasteiger charge is -2.35. The lowest BCUT2D eigenvalue weighted by Crippen LogP contribution is -2.48. The standard InChI is InChI=1S/C13H29N3O2S/c1-5-8-14-11-13-6-9-16(10-7-13)19(17,18)15(4)12(2)3/h12-14H,5-11H2,1-4H3. The molecule has 0 saturated carbocycles. The fraction of sp³-hybridized carbons (Fsp3) is 1.00. The largest absolute Gasteiger partial charge is 0.316 e. The normalized spacial score (nSPS) is 19.5. The molecule has 0 bridgehead atoms. The summed E-state index contributed by atoms with van der Waals surface area (Å²) in [4.78, 5) is 0. The van der Waals surface area contributed by atoms with Gasteiger partial charge < -0.3 is 5.32 Å². The average molecular weight is 291 g/mol. The molecule has 1 saturated heterocycles. The van der Waals surface area contributed by atoms with Crippen LogP contribution in [0.3, 0.4) is 0 Å². The van der Waals surface area contributed by atoms with E-state index in [9.17, 15) is 8.42 Å². The molecule has 0 amide bonds. The summed E-state index contributed by atoms with van der Waals surface area (Å²) >= 11 is 0. The number of hydrogen-bond acceptors (Lipinski definition) is 3. The van der Waals surface area contributed by atoms with Gasteiger partial charge in [0.15, 0.2) is 0 Å². The second kappa shape index (κ2) is 7.57. The number of rotatable bonds is 7. The fourth-order valence-corrected chi connectivity index (χ4v) is 3.84. The molecular formula is C13H29N3O2S. The summed E-state index contributed by atoms with van der Waals surface area (Å²) < 4.78 is 27.7. The zero-order valence-electron chi connectivity index (χ0n) is 12.7. The molecule has 19 heavy (non-hydrogen) atoms. The summed E-state index contributed by atoms with van der Waals surface area (Å²) in [7, 11) is -1.60. The molecule has 0 aliphatic carbocycles. The Balaban J connectivity index is 2.45. The predicted octanol–water partition coefficient (Wildman–Crippen LogP) is 1.28. The molecule has 114 valence electrons. The van der Waals surface area contributed by atoms with Crippen LogP contribution in [-0.2, 0) is 10.2 Å². The molecule has 1 N–H and O–H groups in total. The van der Waals surface area contributed by atoms with Gasteiger partial charge in [-0.05, 0) is 52.1 Å². The fourth-order valence-electron chi connectivity index (χ4n) is 2.28. The van der Waals surface area contributed by atoms with E-state index in [0.717, 1.165) is 32.4 Å². The van der Waals surface area contributed by atoms with Crippen molar-refractivity contribution in [2.75, 3.05) is 33.2 Å². The van der Waals surface area contributed by atoms with Crippen molar-refractivity contribution in [3.8, 4) is 0 Å². The third kappa shape index (κ3) is 4.70. The van der Waals surface area contributed by atoms with E-state index in [0.29, 0.717) is 19.0 Å². The number of hydrogen-bond donors (Lipinski definition) is 1. The second-order valence-electron chi connectivity index (χ2n) is 5.66. The number of piperidine rings is 1. The molecule has 0 aromatic heterocycles. The van der Waals surface area contributed by atoms with Gasteiger partial charge in [0.2, 0.25) is 0 Å². The molecule has 1 aliphatic heterocycles. The van der Waals surface area contributed by atoms with Crippen molar-refractivity contribution in [1.29, 1.82) is 0 Å². The van der Waals surface area contributed by atoms with Crippen molar-refractivity contribution in [3.63, 3.8) is 0 Å². The Labute approximate surface area is 118 Å². The van der Waals surface area contributed by atoms with E-state index >= 15 is 0 Å². The summed E-state index contributed by atoms with van der Waals surface area (Å²) in [5, 5.41) is 3.42. The van der Waals surface area contributed by atoms with Crippen LogP contribution in [0.25, 0.3) is 0 Å². The minimum atomic E-state index is -3.26. The van der Waals surface area contributed by atoms with Gasteiger partial charge in [-0.3, -0.25) is 0 Å². The number of nitrogens with one attached hydrogen (secondary N) is 1. The van der Waals surface area contributed by atoms with E-state index in [1.807, 2.05) is 13.8 Å². The Morgan fingerprint density at radius 1 is 1.32 bits per heavy atom. The molecule has 1 rings (SSSR count). The first-order chi connectivity index (χ1) is 8.89. The molecular weight excluding hydrogens is 262 g/mol. The lowest BCUT2D eigenvalue weighted by atomic mass is 9.98. The minimum Gasteiger partial charge on any atom is -0.316 e. The van der Waals surface area contributed by atoms with Crippen molar-refractivity contribution >= 4 is 10.2 Å². The van der Waals surface area contributed by atoms with Gasteiger partial charge in [-0.15, -0.1) is 0 Å². The van der Waals surface area contributed by atoms with Gasteiger partial charge in [0.1, 0.15) is 0 Å². The summed E-state index contributed by atoms with van der Waals surface area (Å²) in [5.41, 5.74) is 0. The van der Waals surface area contributed by atoms with Crippen LogP contribution in [0.5, 0.6) is 0 Å². The van der Waals surface area contributed by atoms with Gasteiger partial charge in [-0.2, -0.15) is 17.0 Å². The summed E-state index contributed by atoms with van der Waals surface area (Å²) in [6, 6.07) is 0.00828. The van der Waals surface area contributed by atoms with Gasteiger partial charge in [0, 0.05) is 26.2 Å². The van der Waals surface area contributed by atoms with Crippen LogP contribution in [0.4, 0.5) is 0 Å². The van der Waals surface area contributed by atoms with Gasteiger partial charge in [-0.1, -0.05) is 6.92 Å². The Hall–Kier alpha value is -0.170. The molecule has 5 nitrogen and oxygen atoms in total. The molecule has 0 aromatic carbocycles. The van der Waals surface area contributed by atoms with Crippen molar-refractivity contribution < 1.29 is 8.42 Å². The highest BCUT2D eigenvalue weighted by atomic mass is 32.2. The highest BCUT2D eigenvalue weighted by Crippen LogP contribution is 2.21. The molecule has 1 heterocycles. The molecule has 1 aliphatic rings. The van der Waals surface area contributed by atoms with Gasteiger partial charge >= 0.3 is 0 Å². The first-order valence-corrected chi connectivity index (χ1v) is 8.73. The minimum absolute atomic E-state index is 0.00828. The van der Waals surface area contributed by atoms with Crippen molar-refractivity contribution in [1.82, 2.24) is 13.9 Å². The molecule has 6 heteroatoms. The van der Waals surface area contributed by atoms with Gasteiger partial charge in [0.05, 0.1) is 0 Å². The maximum Gasteiger partial charge on any atom is 0.281 e. The highest BCUT2D eigenvalue weighted by Gasteiger charge is 2.31. The molecule has 0 spiro atoms. The van der Waals surface area contributed by atoms with Crippen LogP contribution >= 0.6 is 0 Å². The van der Waals surface area contributed by atoms with E-state index in [1.54, 1.807) is 11.4 Å². The first kappa shape index (κ1) is 16.9. The van der Waals surface area contributed by atoms with Crippen LogP contribution in [-0.4, -0.2) is 56.3 Å². The quantitative estimate of drug-likeness (QED) is 0.719. The lowest BCUT2D eigenvalue weighted by molar-refractivity contribution is 0.248. The highest BCUT2D eigenvalue weighted by molar-refractivity contribution is 7.86. The molecule has 0 atom stereocenters. The van der Waals surface area contributed by atoms with E-state index in [2.05, 4.69) is 12.2 Å². The monoisotopic (exact) mass is 291 g/mol. The van der Waals surface area contributed by atoms with Crippen molar-refractivity contribution in [2.24, 2.45) is 5.92 Å². The Morgan fingerprint density at radius 3 is 2.37 bits per heavy atom. The Bertz CT molecular complexity index is 349. The van der Waals surface area contributed by atoms with Crippen molar-refractivity contribution in [2.45, 2.75) is 46.1 Å². The third-order valence-electron chi connectivity index (χ3n) is 3.85. The molecule has 1 fully saturated rings. The SMILES string of the molecule is CCCNCC1CCN(S(=O)(=O)N(C)C(C)C)CC1. The molecule has 0 unspecified atom stereocenters. The second-order valence-corrected chi connectivity index (χ2v) is 7.65. The molecule has 0 aromatic rings. The first-order valence-electron chi connectivity index (χ1n) is 7.33.